The zero-order chi connectivity index (χ0) is 14.1. The van der Waals surface area contributed by atoms with Gasteiger partial charge in [0.1, 0.15) is 18.1 Å². The first-order valence-electron chi connectivity index (χ1n) is 6.49. The van der Waals surface area contributed by atoms with Crippen LogP contribution in [-0.2, 0) is 11.3 Å². The molecule has 102 valence electrons. The van der Waals surface area contributed by atoms with Gasteiger partial charge in [0.15, 0.2) is 0 Å². The third-order valence-corrected chi connectivity index (χ3v) is 3.30. The molecule has 0 saturated heterocycles. The number of nitrogens with zero attached hydrogens (tertiary/aromatic N) is 3. The first kappa shape index (κ1) is 12.6. The van der Waals surface area contributed by atoms with Gasteiger partial charge in [-0.05, 0) is 43.3 Å². The Kier molecular flexibility index (Phi) is 3.10. The molecule has 2 aromatic rings. The maximum atomic E-state index is 13.1. The first-order valence-corrected chi connectivity index (χ1v) is 6.49. The molecule has 20 heavy (non-hydrogen) atoms. The lowest BCUT2D eigenvalue weighted by Crippen LogP contribution is -2.27. The molecule has 1 aliphatic rings. The summed E-state index contributed by atoms with van der Waals surface area (Å²) < 4.78 is 14.9. The van der Waals surface area contributed by atoms with E-state index >= 15 is 0 Å². The van der Waals surface area contributed by atoms with Gasteiger partial charge in [0, 0.05) is 18.3 Å². The Morgan fingerprint density at radius 1 is 1.25 bits per heavy atom. The Morgan fingerprint density at radius 3 is 2.70 bits per heavy atom. The maximum absolute atomic E-state index is 13.1. The van der Waals surface area contributed by atoms with Gasteiger partial charge in [-0.25, -0.2) is 9.40 Å². The summed E-state index contributed by atoms with van der Waals surface area (Å²) in [5, 5.41) is 5.90. The van der Waals surface area contributed by atoms with E-state index in [9.17, 15) is 9.18 Å². The second-order valence-corrected chi connectivity index (χ2v) is 4.59. The highest BCUT2D eigenvalue weighted by molar-refractivity contribution is 6.12. The van der Waals surface area contributed by atoms with Gasteiger partial charge in [0.2, 0.25) is 0 Å². The van der Waals surface area contributed by atoms with Crippen LogP contribution in [0, 0.1) is 5.82 Å². The van der Waals surface area contributed by atoms with Crippen molar-refractivity contribution in [2.75, 3.05) is 6.54 Å². The second-order valence-electron chi connectivity index (χ2n) is 4.59. The fraction of sp³-hybridized carbons (Fsp3) is 0.200. The molecule has 1 amide bonds. The molecular formula is C15H14FN3O. The molecule has 0 unspecified atom stereocenters. The highest BCUT2D eigenvalue weighted by Gasteiger charge is 2.22. The van der Waals surface area contributed by atoms with Crippen LogP contribution in [0.3, 0.4) is 0 Å². The van der Waals surface area contributed by atoms with Crippen molar-refractivity contribution in [3.05, 3.63) is 59.7 Å². The topological polar surface area (TPSA) is 37.6 Å². The fourth-order valence-electron chi connectivity index (χ4n) is 2.28. The van der Waals surface area contributed by atoms with E-state index < -0.39 is 0 Å². The lowest BCUT2D eigenvalue weighted by Gasteiger charge is -2.13. The van der Waals surface area contributed by atoms with Gasteiger partial charge in [0.25, 0.3) is 5.91 Å². The van der Waals surface area contributed by atoms with Gasteiger partial charge < -0.3 is 4.57 Å². The number of carbonyl (C=O) groups is 1. The molecule has 0 bridgehead atoms. The zero-order valence-corrected chi connectivity index (χ0v) is 11.1. The Labute approximate surface area is 116 Å². The van der Waals surface area contributed by atoms with Crippen molar-refractivity contribution in [1.82, 2.24) is 9.58 Å². The maximum Gasteiger partial charge on any atom is 0.262 e. The molecule has 1 aliphatic heterocycles. The highest BCUT2D eigenvalue weighted by atomic mass is 19.1. The van der Waals surface area contributed by atoms with E-state index in [0.29, 0.717) is 12.3 Å². The SMILES string of the molecule is CCN1N=C(c2ccc(F)cc2)c2cccn2CC1=O. The van der Waals surface area contributed by atoms with Crippen molar-refractivity contribution in [2.45, 2.75) is 13.5 Å². The van der Waals surface area contributed by atoms with Crippen molar-refractivity contribution < 1.29 is 9.18 Å². The fourth-order valence-corrected chi connectivity index (χ4v) is 2.28. The van der Waals surface area contributed by atoms with Gasteiger partial charge in [0.05, 0.1) is 5.69 Å². The number of rotatable bonds is 2. The van der Waals surface area contributed by atoms with Crippen LogP contribution in [0.25, 0.3) is 0 Å². The van der Waals surface area contributed by atoms with Crippen LogP contribution in [0.1, 0.15) is 18.2 Å². The van der Waals surface area contributed by atoms with Crippen LogP contribution >= 0.6 is 0 Å². The number of amides is 1. The summed E-state index contributed by atoms with van der Waals surface area (Å²) in [6.07, 6.45) is 1.85. The summed E-state index contributed by atoms with van der Waals surface area (Å²) in [7, 11) is 0. The first-order chi connectivity index (χ1) is 9.69. The molecule has 5 heteroatoms. The van der Waals surface area contributed by atoms with Crippen molar-refractivity contribution in [2.24, 2.45) is 5.10 Å². The molecule has 3 rings (SSSR count). The Morgan fingerprint density at radius 2 is 2.00 bits per heavy atom. The minimum absolute atomic E-state index is 0.0536. The lowest BCUT2D eigenvalue weighted by atomic mass is 10.1. The quantitative estimate of drug-likeness (QED) is 0.825. The summed E-state index contributed by atoms with van der Waals surface area (Å²) in [4.78, 5) is 12.1. The predicted octanol–water partition coefficient (Wildman–Crippen LogP) is 2.24. The van der Waals surface area contributed by atoms with E-state index in [-0.39, 0.29) is 18.3 Å². The smallest absolute Gasteiger partial charge is 0.262 e. The molecule has 0 saturated carbocycles. The van der Waals surface area contributed by atoms with Crippen LogP contribution in [0.5, 0.6) is 0 Å². The van der Waals surface area contributed by atoms with E-state index in [1.54, 1.807) is 12.1 Å². The number of likely N-dealkylation sites (N-methyl/N-ethyl adjacent to an activating group) is 1. The third-order valence-electron chi connectivity index (χ3n) is 3.30. The number of hydrogen-bond acceptors (Lipinski definition) is 2. The number of benzene rings is 1. The third kappa shape index (κ3) is 2.11. The van der Waals surface area contributed by atoms with E-state index in [4.69, 9.17) is 0 Å². The Balaban J connectivity index is 2.15. The molecule has 2 heterocycles. The minimum Gasteiger partial charge on any atom is -0.337 e. The molecule has 1 aromatic heterocycles. The van der Waals surface area contributed by atoms with E-state index in [1.165, 1.54) is 17.1 Å². The summed E-state index contributed by atoms with van der Waals surface area (Å²) in [6, 6.07) is 9.93. The molecule has 0 spiro atoms. The predicted molar refractivity (Wildman–Crippen MR) is 73.9 cm³/mol. The average molecular weight is 271 g/mol. The van der Waals surface area contributed by atoms with E-state index in [2.05, 4.69) is 5.10 Å². The lowest BCUT2D eigenvalue weighted by molar-refractivity contribution is -0.131. The van der Waals surface area contributed by atoms with Crippen molar-refractivity contribution in [3.63, 3.8) is 0 Å². The normalized spacial score (nSPS) is 14.8. The van der Waals surface area contributed by atoms with Crippen LogP contribution in [0.4, 0.5) is 4.39 Å². The molecule has 0 aliphatic carbocycles. The highest BCUT2D eigenvalue weighted by Crippen LogP contribution is 2.17. The van der Waals surface area contributed by atoms with Crippen LogP contribution < -0.4 is 0 Å². The van der Waals surface area contributed by atoms with Gasteiger partial charge >= 0.3 is 0 Å². The van der Waals surface area contributed by atoms with Gasteiger partial charge in [-0.3, -0.25) is 4.79 Å². The number of carbonyl (C=O) groups excluding carboxylic acids is 1. The van der Waals surface area contributed by atoms with E-state index in [1.807, 2.05) is 29.8 Å². The minimum atomic E-state index is -0.290. The molecule has 0 atom stereocenters. The van der Waals surface area contributed by atoms with E-state index in [0.717, 1.165) is 11.3 Å². The van der Waals surface area contributed by atoms with Gasteiger partial charge in [-0.1, -0.05) is 0 Å². The number of hydrazone groups is 1. The molecule has 0 N–H and O–H groups in total. The second kappa shape index (κ2) is 4.92. The average Bonchev–Trinajstić information content (AvgIpc) is 2.84. The monoisotopic (exact) mass is 271 g/mol. The van der Waals surface area contributed by atoms with Crippen LogP contribution in [0.15, 0.2) is 47.7 Å². The van der Waals surface area contributed by atoms with Crippen molar-refractivity contribution in [3.8, 4) is 0 Å². The molecule has 1 aromatic carbocycles. The number of aromatic nitrogens is 1. The standard InChI is InChI=1S/C15H14FN3O/c1-2-19-14(20)10-18-9-3-4-13(18)15(17-19)11-5-7-12(16)8-6-11/h3-9H,2,10H2,1H3. The molecular weight excluding hydrogens is 257 g/mol. The summed E-state index contributed by atoms with van der Waals surface area (Å²) in [5.41, 5.74) is 2.34. The van der Waals surface area contributed by atoms with Crippen molar-refractivity contribution >= 4 is 11.6 Å². The number of fused-ring (bicyclic) bond motifs is 1. The summed E-state index contributed by atoms with van der Waals surface area (Å²) in [5.74, 6) is -0.344. The summed E-state index contributed by atoms with van der Waals surface area (Å²) in [6.45, 7) is 2.66. The molecule has 4 nitrogen and oxygen atoms in total. The van der Waals surface area contributed by atoms with Crippen molar-refractivity contribution in [1.29, 1.82) is 0 Å². The zero-order valence-electron chi connectivity index (χ0n) is 11.1. The van der Waals surface area contributed by atoms with Crippen LogP contribution in [-0.4, -0.2) is 27.7 Å². The molecule has 0 fully saturated rings. The Bertz CT molecular complexity index is 673. The van der Waals surface area contributed by atoms with Gasteiger partial charge in [-0.15, -0.1) is 0 Å². The Hall–Kier alpha value is -2.43. The largest absolute Gasteiger partial charge is 0.337 e. The number of hydrogen-bond donors (Lipinski definition) is 0. The van der Waals surface area contributed by atoms with Crippen LogP contribution in [0.2, 0.25) is 0 Å². The van der Waals surface area contributed by atoms with Gasteiger partial charge in [-0.2, -0.15) is 5.10 Å². The molecule has 0 radical (unpaired) electrons. The summed E-state index contributed by atoms with van der Waals surface area (Å²) >= 11 is 0. The number of halogens is 1.